The quantitative estimate of drug-likeness (QED) is 0.819. The fourth-order valence-electron chi connectivity index (χ4n) is 2.30. The first-order chi connectivity index (χ1) is 11.0. The van der Waals surface area contributed by atoms with Gasteiger partial charge in [0.25, 0.3) is 0 Å². The van der Waals surface area contributed by atoms with Gasteiger partial charge in [-0.1, -0.05) is 32.0 Å². The minimum atomic E-state index is 0.423. The summed E-state index contributed by atoms with van der Waals surface area (Å²) in [6.45, 7) is 8.19. The van der Waals surface area contributed by atoms with Crippen molar-refractivity contribution in [2.75, 3.05) is 37.8 Å². The van der Waals surface area contributed by atoms with Crippen LogP contribution >= 0.6 is 0 Å². The highest BCUT2D eigenvalue weighted by Crippen LogP contribution is 2.29. The minimum absolute atomic E-state index is 0.423. The van der Waals surface area contributed by atoms with E-state index in [1.54, 1.807) is 6.20 Å². The van der Waals surface area contributed by atoms with Crippen LogP contribution in [0.15, 0.2) is 24.4 Å². The highest BCUT2D eigenvalue weighted by molar-refractivity contribution is 5.64. The molecule has 6 heteroatoms. The molecule has 1 aromatic heterocycles. The first-order valence-electron chi connectivity index (χ1n) is 7.92. The van der Waals surface area contributed by atoms with Crippen molar-refractivity contribution in [3.05, 3.63) is 35.5 Å². The molecule has 0 saturated carbocycles. The predicted octanol–water partition coefficient (Wildman–Crippen LogP) is 3.02. The van der Waals surface area contributed by atoms with Crippen LogP contribution in [0.4, 0.5) is 17.5 Å². The second-order valence-corrected chi connectivity index (χ2v) is 6.21. The van der Waals surface area contributed by atoms with Crippen molar-refractivity contribution < 1.29 is 0 Å². The lowest BCUT2D eigenvalue weighted by molar-refractivity contribution is 0.425. The van der Waals surface area contributed by atoms with Crippen LogP contribution in [0, 0.1) is 6.92 Å². The van der Waals surface area contributed by atoms with Gasteiger partial charge in [-0.3, -0.25) is 0 Å². The van der Waals surface area contributed by atoms with Gasteiger partial charge in [-0.15, -0.1) is 5.10 Å². The molecule has 0 unspecified atom stereocenters. The molecule has 0 saturated heterocycles. The van der Waals surface area contributed by atoms with E-state index in [4.69, 9.17) is 0 Å². The van der Waals surface area contributed by atoms with Crippen LogP contribution in [0.5, 0.6) is 0 Å². The number of rotatable bonds is 7. The topological polar surface area (TPSA) is 66.0 Å². The van der Waals surface area contributed by atoms with E-state index in [1.165, 1.54) is 11.1 Å². The Bertz CT molecular complexity index is 639. The van der Waals surface area contributed by atoms with E-state index in [-0.39, 0.29) is 0 Å². The third-order valence-corrected chi connectivity index (χ3v) is 3.59. The fourth-order valence-corrected chi connectivity index (χ4v) is 2.30. The van der Waals surface area contributed by atoms with Gasteiger partial charge in [0.2, 0.25) is 5.95 Å². The summed E-state index contributed by atoms with van der Waals surface area (Å²) in [5.74, 6) is 1.66. The van der Waals surface area contributed by atoms with Crippen LogP contribution in [-0.2, 0) is 0 Å². The van der Waals surface area contributed by atoms with Gasteiger partial charge >= 0.3 is 0 Å². The lowest BCUT2D eigenvalue weighted by Crippen LogP contribution is -2.21. The highest BCUT2D eigenvalue weighted by Gasteiger charge is 2.11. The predicted molar refractivity (Wildman–Crippen MR) is 95.4 cm³/mol. The third kappa shape index (κ3) is 4.89. The number of para-hydroxylation sites is 1. The molecule has 0 aliphatic rings. The maximum Gasteiger partial charge on any atom is 0.249 e. The SMILES string of the molecule is Cc1cccc(C(C)C)c1Nc1nncc(NCCN(C)C)n1. The average Bonchev–Trinajstić information content (AvgIpc) is 2.49. The summed E-state index contributed by atoms with van der Waals surface area (Å²) < 4.78 is 0. The van der Waals surface area contributed by atoms with Crippen LogP contribution in [-0.4, -0.2) is 47.3 Å². The first kappa shape index (κ1) is 17.1. The van der Waals surface area contributed by atoms with Gasteiger partial charge in [0, 0.05) is 18.8 Å². The average molecular weight is 314 g/mol. The van der Waals surface area contributed by atoms with E-state index in [0.717, 1.165) is 24.6 Å². The fraction of sp³-hybridized carbons (Fsp3) is 0.471. The van der Waals surface area contributed by atoms with E-state index >= 15 is 0 Å². The van der Waals surface area contributed by atoms with Gasteiger partial charge in [-0.25, -0.2) is 0 Å². The van der Waals surface area contributed by atoms with Gasteiger partial charge in [-0.2, -0.15) is 10.1 Å². The molecule has 6 nitrogen and oxygen atoms in total. The number of aryl methyl sites for hydroxylation is 1. The summed E-state index contributed by atoms with van der Waals surface area (Å²) in [5.41, 5.74) is 3.49. The number of likely N-dealkylation sites (N-methyl/N-ethyl adjacent to an activating group) is 1. The molecule has 0 atom stereocenters. The Morgan fingerprint density at radius 3 is 2.70 bits per heavy atom. The largest absolute Gasteiger partial charge is 0.367 e. The van der Waals surface area contributed by atoms with Crippen LogP contribution in [0.25, 0.3) is 0 Å². The van der Waals surface area contributed by atoms with Crippen molar-refractivity contribution >= 4 is 17.5 Å². The number of hydrogen-bond acceptors (Lipinski definition) is 6. The van der Waals surface area contributed by atoms with Gasteiger partial charge < -0.3 is 15.5 Å². The Morgan fingerprint density at radius 2 is 2.00 bits per heavy atom. The van der Waals surface area contributed by atoms with Crippen LogP contribution in [0.1, 0.15) is 30.9 Å². The summed E-state index contributed by atoms with van der Waals surface area (Å²) in [6.07, 6.45) is 1.64. The molecule has 2 N–H and O–H groups in total. The monoisotopic (exact) mass is 314 g/mol. The highest BCUT2D eigenvalue weighted by atomic mass is 15.3. The summed E-state index contributed by atoms with van der Waals surface area (Å²) in [4.78, 5) is 6.61. The zero-order valence-corrected chi connectivity index (χ0v) is 14.6. The molecule has 23 heavy (non-hydrogen) atoms. The molecule has 0 aliphatic heterocycles. The van der Waals surface area contributed by atoms with E-state index in [9.17, 15) is 0 Å². The Hall–Kier alpha value is -2.21. The summed E-state index contributed by atoms with van der Waals surface area (Å²) >= 11 is 0. The molecule has 0 fully saturated rings. The second kappa shape index (κ2) is 7.87. The number of nitrogens with zero attached hydrogens (tertiary/aromatic N) is 4. The number of benzene rings is 1. The molecule has 1 aromatic carbocycles. The smallest absolute Gasteiger partial charge is 0.249 e. The van der Waals surface area contributed by atoms with Crippen molar-refractivity contribution in [1.29, 1.82) is 0 Å². The van der Waals surface area contributed by atoms with Crippen LogP contribution < -0.4 is 10.6 Å². The lowest BCUT2D eigenvalue weighted by atomic mass is 9.98. The Morgan fingerprint density at radius 1 is 1.22 bits per heavy atom. The van der Waals surface area contributed by atoms with Crippen LogP contribution in [0.3, 0.4) is 0 Å². The number of nitrogens with one attached hydrogen (secondary N) is 2. The maximum absolute atomic E-state index is 4.49. The van der Waals surface area contributed by atoms with Crippen molar-refractivity contribution in [3.63, 3.8) is 0 Å². The molecule has 1 heterocycles. The third-order valence-electron chi connectivity index (χ3n) is 3.59. The van der Waals surface area contributed by atoms with Crippen LogP contribution in [0.2, 0.25) is 0 Å². The zero-order chi connectivity index (χ0) is 16.8. The molecule has 2 aromatic rings. The lowest BCUT2D eigenvalue weighted by Gasteiger charge is -2.16. The molecule has 0 spiro atoms. The molecule has 0 bridgehead atoms. The standard InChI is InChI=1S/C17H26N6/c1-12(2)14-8-6-7-13(3)16(14)21-17-20-15(11-19-22-17)18-9-10-23(4)5/h6-8,11-12H,9-10H2,1-5H3,(H2,18,20,21,22). The first-order valence-corrected chi connectivity index (χ1v) is 7.92. The van der Waals surface area contributed by atoms with Gasteiger partial charge in [-0.05, 0) is 38.1 Å². The van der Waals surface area contributed by atoms with Gasteiger partial charge in [0.05, 0.1) is 6.20 Å². The number of aromatic nitrogens is 3. The molecule has 124 valence electrons. The summed E-state index contributed by atoms with van der Waals surface area (Å²) in [7, 11) is 4.08. The van der Waals surface area contributed by atoms with E-state index in [2.05, 4.69) is 69.7 Å². The van der Waals surface area contributed by atoms with E-state index < -0.39 is 0 Å². The molecule has 2 rings (SSSR count). The van der Waals surface area contributed by atoms with Gasteiger partial charge in [0.1, 0.15) is 0 Å². The van der Waals surface area contributed by atoms with Crippen molar-refractivity contribution in [2.45, 2.75) is 26.7 Å². The Kier molecular flexibility index (Phi) is 5.87. The van der Waals surface area contributed by atoms with Crippen molar-refractivity contribution in [2.24, 2.45) is 0 Å². The second-order valence-electron chi connectivity index (χ2n) is 6.21. The maximum atomic E-state index is 4.49. The molecule has 0 radical (unpaired) electrons. The summed E-state index contributed by atoms with van der Waals surface area (Å²) in [5, 5.41) is 14.7. The summed E-state index contributed by atoms with van der Waals surface area (Å²) in [6, 6.07) is 6.29. The Labute approximate surface area is 138 Å². The molecule has 0 aliphatic carbocycles. The molecular formula is C17H26N6. The van der Waals surface area contributed by atoms with Crippen molar-refractivity contribution in [3.8, 4) is 0 Å². The van der Waals surface area contributed by atoms with Gasteiger partial charge in [0.15, 0.2) is 5.82 Å². The van der Waals surface area contributed by atoms with E-state index in [0.29, 0.717) is 11.9 Å². The molecule has 0 amide bonds. The Balaban J connectivity index is 2.15. The number of hydrogen-bond donors (Lipinski definition) is 2. The molecular weight excluding hydrogens is 288 g/mol. The minimum Gasteiger partial charge on any atom is -0.367 e. The van der Waals surface area contributed by atoms with E-state index in [1.807, 2.05) is 14.1 Å². The van der Waals surface area contributed by atoms with Crippen molar-refractivity contribution in [1.82, 2.24) is 20.1 Å². The zero-order valence-electron chi connectivity index (χ0n) is 14.6. The normalized spacial score (nSPS) is 11.1. The number of anilines is 3.